The monoisotopic (exact) mass is 465 g/mol. The van der Waals surface area contributed by atoms with Gasteiger partial charge < -0.3 is 10.4 Å². The topological polar surface area (TPSA) is 32.3 Å². The van der Waals surface area contributed by atoms with E-state index < -0.39 is 0 Å². The Kier molecular flexibility index (Phi) is 5.09. The molecule has 0 fully saturated rings. The highest BCUT2D eigenvalue weighted by Crippen LogP contribution is 2.33. The SMILES string of the molecule is Cc1cc(Br)c(F)cc1NCc1cc(Br)c(O)c(Br)c1. The zero-order valence-electron chi connectivity index (χ0n) is 10.5. The van der Waals surface area contributed by atoms with Crippen molar-refractivity contribution < 1.29 is 9.50 Å². The van der Waals surface area contributed by atoms with E-state index in [0.717, 1.165) is 16.8 Å². The summed E-state index contributed by atoms with van der Waals surface area (Å²) in [4.78, 5) is 0. The Morgan fingerprint density at radius 3 is 2.25 bits per heavy atom. The van der Waals surface area contributed by atoms with Gasteiger partial charge in [-0.15, -0.1) is 0 Å². The first-order valence-electron chi connectivity index (χ1n) is 5.75. The van der Waals surface area contributed by atoms with Gasteiger partial charge in [-0.3, -0.25) is 0 Å². The highest BCUT2D eigenvalue weighted by atomic mass is 79.9. The molecule has 2 nitrogen and oxygen atoms in total. The van der Waals surface area contributed by atoms with E-state index >= 15 is 0 Å². The first kappa shape index (κ1) is 15.8. The molecule has 0 saturated heterocycles. The molecular formula is C14H11Br3FNO. The number of nitrogens with one attached hydrogen (secondary N) is 1. The van der Waals surface area contributed by atoms with Crippen LogP contribution in [0.15, 0.2) is 37.7 Å². The molecule has 106 valence electrons. The van der Waals surface area contributed by atoms with Crippen LogP contribution in [0.2, 0.25) is 0 Å². The van der Waals surface area contributed by atoms with Gasteiger partial charge in [0.2, 0.25) is 0 Å². The van der Waals surface area contributed by atoms with Gasteiger partial charge in [-0.25, -0.2) is 4.39 Å². The van der Waals surface area contributed by atoms with Crippen molar-refractivity contribution in [1.82, 2.24) is 0 Å². The fraction of sp³-hybridized carbons (Fsp3) is 0.143. The molecule has 2 aromatic rings. The van der Waals surface area contributed by atoms with Crippen LogP contribution in [0.3, 0.4) is 0 Å². The minimum absolute atomic E-state index is 0.166. The van der Waals surface area contributed by atoms with Gasteiger partial charge in [0.05, 0.1) is 13.4 Å². The lowest BCUT2D eigenvalue weighted by molar-refractivity contribution is 0.468. The predicted molar refractivity (Wildman–Crippen MR) is 89.7 cm³/mol. The molecule has 0 unspecified atom stereocenters. The molecule has 0 bridgehead atoms. The number of hydrogen-bond donors (Lipinski definition) is 2. The fourth-order valence-corrected chi connectivity index (χ4v) is 3.49. The molecule has 0 saturated carbocycles. The van der Waals surface area contributed by atoms with Gasteiger partial charge in [-0.05, 0) is 90.1 Å². The molecule has 2 N–H and O–H groups in total. The van der Waals surface area contributed by atoms with Crippen LogP contribution in [0.5, 0.6) is 5.75 Å². The van der Waals surface area contributed by atoms with Crippen LogP contribution in [-0.4, -0.2) is 5.11 Å². The molecule has 0 aliphatic carbocycles. The number of halogens is 4. The summed E-state index contributed by atoms with van der Waals surface area (Å²) in [6, 6.07) is 6.83. The Hall–Kier alpha value is -0.590. The second-order valence-corrected chi connectivity index (χ2v) is 6.91. The van der Waals surface area contributed by atoms with E-state index in [2.05, 4.69) is 53.1 Å². The zero-order valence-corrected chi connectivity index (χ0v) is 15.2. The minimum Gasteiger partial charge on any atom is -0.506 e. The summed E-state index contributed by atoms with van der Waals surface area (Å²) < 4.78 is 15.2. The Morgan fingerprint density at radius 2 is 1.65 bits per heavy atom. The number of aromatic hydroxyl groups is 1. The molecule has 0 spiro atoms. The Bertz CT molecular complexity index is 638. The van der Waals surface area contributed by atoms with E-state index in [4.69, 9.17) is 0 Å². The van der Waals surface area contributed by atoms with Crippen LogP contribution in [-0.2, 0) is 6.54 Å². The van der Waals surface area contributed by atoms with Crippen molar-refractivity contribution in [2.45, 2.75) is 13.5 Å². The van der Waals surface area contributed by atoms with Crippen molar-refractivity contribution in [3.8, 4) is 5.75 Å². The summed E-state index contributed by atoms with van der Waals surface area (Å²) in [6.07, 6.45) is 0. The van der Waals surface area contributed by atoms with Gasteiger partial charge in [-0.2, -0.15) is 0 Å². The standard InChI is InChI=1S/C14H11Br3FNO/c1-7-2-9(15)12(18)5-13(7)19-6-8-3-10(16)14(20)11(17)4-8/h2-5,19-20H,6H2,1H3. The largest absolute Gasteiger partial charge is 0.506 e. The number of hydrogen-bond acceptors (Lipinski definition) is 2. The van der Waals surface area contributed by atoms with Crippen LogP contribution in [0.1, 0.15) is 11.1 Å². The highest BCUT2D eigenvalue weighted by molar-refractivity contribution is 9.11. The fourth-order valence-electron chi connectivity index (χ4n) is 1.75. The lowest BCUT2D eigenvalue weighted by atomic mass is 10.1. The number of rotatable bonds is 3. The minimum atomic E-state index is -0.300. The maximum Gasteiger partial charge on any atom is 0.143 e. The average Bonchev–Trinajstić information content (AvgIpc) is 2.38. The third-order valence-electron chi connectivity index (χ3n) is 2.83. The summed E-state index contributed by atoms with van der Waals surface area (Å²) in [5.74, 6) is -0.134. The molecule has 2 rings (SSSR count). The summed E-state index contributed by atoms with van der Waals surface area (Å²) in [6.45, 7) is 2.44. The second-order valence-electron chi connectivity index (χ2n) is 4.34. The molecule has 20 heavy (non-hydrogen) atoms. The smallest absolute Gasteiger partial charge is 0.143 e. The zero-order chi connectivity index (χ0) is 14.9. The number of phenols is 1. The van der Waals surface area contributed by atoms with Crippen LogP contribution in [0.4, 0.5) is 10.1 Å². The predicted octanol–water partition coefficient (Wildman–Crippen LogP) is 5.74. The van der Waals surface area contributed by atoms with Crippen molar-refractivity contribution in [1.29, 1.82) is 0 Å². The number of benzene rings is 2. The Balaban J connectivity index is 2.19. The Labute approximate surface area is 141 Å². The average molecular weight is 468 g/mol. The van der Waals surface area contributed by atoms with E-state index in [9.17, 15) is 9.50 Å². The molecular weight excluding hydrogens is 457 g/mol. The molecule has 2 aromatic carbocycles. The number of anilines is 1. The van der Waals surface area contributed by atoms with Gasteiger partial charge in [0.25, 0.3) is 0 Å². The normalized spacial score (nSPS) is 10.7. The number of phenolic OH excluding ortho intramolecular Hbond substituents is 1. The molecule has 6 heteroatoms. The maximum atomic E-state index is 13.5. The van der Waals surface area contributed by atoms with E-state index in [1.165, 1.54) is 6.07 Å². The van der Waals surface area contributed by atoms with Crippen LogP contribution < -0.4 is 5.32 Å². The first-order chi connectivity index (χ1) is 9.38. The molecule has 0 radical (unpaired) electrons. The van der Waals surface area contributed by atoms with Crippen LogP contribution in [0, 0.1) is 12.7 Å². The van der Waals surface area contributed by atoms with E-state index in [1.54, 1.807) is 6.07 Å². The third kappa shape index (κ3) is 3.54. The molecule has 0 aliphatic rings. The van der Waals surface area contributed by atoms with Crippen molar-refractivity contribution in [2.75, 3.05) is 5.32 Å². The van der Waals surface area contributed by atoms with E-state index in [0.29, 0.717) is 20.0 Å². The summed E-state index contributed by atoms with van der Waals surface area (Å²) >= 11 is 9.73. The molecule has 0 heterocycles. The van der Waals surface area contributed by atoms with E-state index in [1.807, 2.05) is 19.1 Å². The van der Waals surface area contributed by atoms with Crippen molar-refractivity contribution in [3.05, 3.63) is 54.6 Å². The maximum absolute atomic E-state index is 13.5. The lowest BCUT2D eigenvalue weighted by Gasteiger charge is -2.12. The molecule has 0 amide bonds. The lowest BCUT2D eigenvalue weighted by Crippen LogP contribution is -2.02. The van der Waals surface area contributed by atoms with Crippen molar-refractivity contribution >= 4 is 53.5 Å². The summed E-state index contributed by atoms with van der Waals surface area (Å²) in [5.41, 5.74) is 2.66. The van der Waals surface area contributed by atoms with Gasteiger partial charge in [0, 0.05) is 12.2 Å². The van der Waals surface area contributed by atoms with E-state index in [-0.39, 0.29) is 11.6 Å². The quantitative estimate of drug-likeness (QED) is 0.603. The van der Waals surface area contributed by atoms with Crippen molar-refractivity contribution in [3.63, 3.8) is 0 Å². The van der Waals surface area contributed by atoms with Gasteiger partial charge in [0.1, 0.15) is 11.6 Å². The Morgan fingerprint density at radius 1 is 1.05 bits per heavy atom. The number of aryl methyl sites for hydroxylation is 1. The summed E-state index contributed by atoms with van der Waals surface area (Å²) in [5, 5.41) is 12.8. The van der Waals surface area contributed by atoms with Gasteiger partial charge in [-0.1, -0.05) is 0 Å². The summed E-state index contributed by atoms with van der Waals surface area (Å²) in [7, 11) is 0. The van der Waals surface area contributed by atoms with Crippen molar-refractivity contribution in [2.24, 2.45) is 0 Å². The van der Waals surface area contributed by atoms with Gasteiger partial charge >= 0.3 is 0 Å². The van der Waals surface area contributed by atoms with Crippen LogP contribution in [0.25, 0.3) is 0 Å². The third-order valence-corrected chi connectivity index (χ3v) is 4.64. The first-order valence-corrected chi connectivity index (χ1v) is 8.13. The molecule has 0 aromatic heterocycles. The highest BCUT2D eigenvalue weighted by Gasteiger charge is 2.08. The van der Waals surface area contributed by atoms with Crippen LogP contribution >= 0.6 is 47.8 Å². The molecule has 0 aliphatic heterocycles. The van der Waals surface area contributed by atoms with Gasteiger partial charge in [0.15, 0.2) is 0 Å². The second kappa shape index (κ2) is 6.45. The molecule has 0 atom stereocenters.